The van der Waals surface area contributed by atoms with Crippen LogP contribution in [0.5, 0.6) is 5.75 Å². The number of phenols is 1. The smallest absolute Gasteiger partial charge is 0.416 e. The van der Waals surface area contributed by atoms with Crippen molar-refractivity contribution in [2.24, 2.45) is 5.10 Å². The molecule has 8 heteroatoms. The molecule has 0 amide bonds. The monoisotopic (exact) mass is 385 g/mol. The zero-order valence-corrected chi connectivity index (χ0v) is 15.1. The number of alkyl halides is 3. The number of phenolic OH excluding ortho intramolecular Hbond substituents is 1. The van der Waals surface area contributed by atoms with Crippen LogP contribution in [0, 0.1) is 0 Å². The van der Waals surface area contributed by atoms with E-state index in [0.717, 1.165) is 37.0 Å². The summed E-state index contributed by atoms with van der Waals surface area (Å²) in [7, 11) is 0. The third-order valence-electron chi connectivity index (χ3n) is 3.82. The minimum Gasteiger partial charge on any atom is -0.507 e. The zero-order chi connectivity index (χ0) is 19.3. The molecule has 0 atom stereocenters. The van der Waals surface area contributed by atoms with E-state index in [-0.39, 0.29) is 16.5 Å². The number of nitrogens with zero attached hydrogens (tertiary/aromatic N) is 2. The summed E-state index contributed by atoms with van der Waals surface area (Å²) in [6, 6.07) is 8.06. The fraction of sp³-hybridized carbons (Fsp3) is 0.278. The molecule has 0 unspecified atom stereocenters. The van der Waals surface area contributed by atoms with Crippen LogP contribution in [0.25, 0.3) is 0 Å². The number of rotatable bonds is 6. The van der Waals surface area contributed by atoms with Gasteiger partial charge in [-0.1, -0.05) is 11.6 Å². The standard InChI is InChI=1S/C18H19ClF3N3O/c1-3-25(4-2)14-7-5-12(17(26)10-14)11-23-24-16-9-13(18(20,21)22)6-8-15(16)19/h5-11,24,26H,3-4H2,1-2H3/b23-11+. The molecule has 0 aliphatic rings. The van der Waals surface area contributed by atoms with Crippen molar-refractivity contribution >= 4 is 29.2 Å². The third-order valence-corrected chi connectivity index (χ3v) is 4.15. The quantitative estimate of drug-likeness (QED) is 0.520. The highest BCUT2D eigenvalue weighted by Crippen LogP contribution is 2.33. The lowest BCUT2D eigenvalue weighted by molar-refractivity contribution is -0.137. The maximum Gasteiger partial charge on any atom is 0.416 e. The van der Waals surface area contributed by atoms with E-state index in [0.29, 0.717) is 5.56 Å². The fourth-order valence-corrected chi connectivity index (χ4v) is 2.55. The minimum absolute atomic E-state index is 0.0232. The third kappa shape index (κ3) is 4.82. The van der Waals surface area contributed by atoms with Gasteiger partial charge in [-0.2, -0.15) is 18.3 Å². The molecular formula is C18H19ClF3N3O. The van der Waals surface area contributed by atoms with E-state index in [2.05, 4.69) is 15.4 Å². The summed E-state index contributed by atoms with van der Waals surface area (Å²) < 4.78 is 38.3. The second kappa shape index (κ2) is 8.31. The Morgan fingerprint density at radius 1 is 1.15 bits per heavy atom. The van der Waals surface area contributed by atoms with Gasteiger partial charge in [-0.3, -0.25) is 5.43 Å². The van der Waals surface area contributed by atoms with Crippen LogP contribution in [0.15, 0.2) is 41.5 Å². The summed E-state index contributed by atoms with van der Waals surface area (Å²) in [5.74, 6) is 0.0232. The van der Waals surface area contributed by atoms with Gasteiger partial charge in [0.2, 0.25) is 0 Å². The average molecular weight is 386 g/mol. The predicted molar refractivity (Wildman–Crippen MR) is 99.3 cm³/mol. The van der Waals surface area contributed by atoms with Gasteiger partial charge in [0.25, 0.3) is 0 Å². The van der Waals surface area contributed by atoms with Gasteiger partial charge in [0, 0.05) is 30.4 Å². The van der Waals surface area contributed by atoms with E-state index in [4.69, 9.17) is 11.6 Å². The molecule has 0 aliphatic heterocycles. The molecule has 140 valence electrons. The van der Waals surface area contributed by atoms with Crippen LogP contribution in [0.3, 0.4) is 0 Å². The van der Waals surface area contributed by atoms with Gasteiger partial charge in [0.15, 0.2) is 0 Å². The van der Waals surface area contributed by atoms with Gasteiger partial charge < -0.3 is 10.0 Å². The Labute approximate surface area is 154 Å². The van der Waals surface area contributed by atoms with E-state index in [1.54, 1.807) is 12.1 Å². The Balaban J connectivity index is 2.16. The first-order valence-electron chi connectivity index (χ1n) is 8.00. The molecule has 0 saturated carbocycles. The van der Waals surface area contributed by atoms with Crippen LogP contribution in [0.2, 0.25) is 5.02 Å². The fourth-order valence-electron chi connectivity index (χ4n) is 2.39. The maximum atomic E-state index is 12.8. The summed E-state index contributed by atoms with van der Waals surface area (Å²) in [6.07, 6.45) is -3.15. The average Bonchev–Trinajstić information content (AvgIpc) is 2.58. The number of benzene rings is 2. The van der Waals surface area contributed by atoms with Crippen LogP contribution in [0.4, 0.5) is 24.5 Å². The van der Waals surface area contributed by atoms with Gasteiger partial charge in [-0.15, -0.1) is 0 Å². The number of aromatic hydroxyl groups is 1. The second-order valence-corrected chi connectivity index (χ2v) is 5.88. The molecule has 0 radical (unpaired) electrons. The van der Waals surface area contributed by atoms with Crippen LogP contribution in [-0.4, -0.2) is 24.4 Å². The second-order valence-electron chi connectivity index (χ2n) is 5.48. The molecule has 4 nitrogen and oxygen atoms in total. The predicted octanol–water partition coefficient (Wildman–Crippen LogP) is 5.36. The van der Waals surface area contributed by atoms with Gasteiger partial charge in [0.1, 0.15) is 5.75 Å². The van der Waals surface area contributed by atoms with E-state index in [1.165, 1.54) is 6.21 Å². The molecule has 0 spiro atoms. The Kier molecular flexibility index (Phi) is 6.37. The van der Waals surface area contributed by atoms with Crippen LogP contribution < -0.4 is 10.3 Å². The summed E-state index contributed by atoms with van der Waals surface area (Å²) in [6.45, 7) is 5.63. The van der Waals surface area contributed by atoms with Crippen LogP contribution >= 0.6 is 11.6 Å². The van der Waals surface area contributed by atoms with Crippen molar-refractivity contribution < 1.29 is 18.3 Å². The van der Waals surface area contributed by atoms with Gasteiger partial charge in [-0.25, -0.2) is 0 Å². The molecular weight excluding hydrogens is 367 g/mol. The molecule has 0 heterocycles. The van der Waals surface area contributed by atoms with Crippen LogP contribution in [-0.2, 0) is 6.18 Å². The van der Waals surface area contributed by atoms with Gasteiger partial charge in [0.05, 0.1) is 22.5 Å². The van der Waals surface area contributed by atoms with Crippen LogP contribution in [0.1, 0.15) is 25.0 Å². The molecule has 2 N–H and O–H groups in total. The van der Waals surface area contributed by atoms with E-state index < -0.39 is 11.7 Å². The lowest BCUT2D eigenvalue weighted by Gasteiger charge is -2.21. The van der Waals surface area contributed by atoms with E-state index in [9.17, 15) is 18.3 Å². The lowest BCUT2D eigenvalue weighted by atomic mass is 10.2. The highest BCUT2D eigenvalue weighted by molar-refractivity contribution is 6.33. The maximum absolute atomic E-state index is 12.8. The topological polar surface area (TPSA) is 47.9 Å². The zero-order valence-electron chi connectivity index (χ0n) is 14.3. The Bertz CT molecular complexity index is 790. The number of halogens is 4. The largest absolute Gasteiger partial charge is 0.507 e. The van der Waals surface area contributed by atoms with Crippen molar-refractivity contribution in [2.75, 3.05) is 23.4 Å². The molecule has 2 rings (SSSR count). The van der Waals surface area contributed by atoms with E-state index >= 15 is 0 Å². The normalized spacial score (nSPS) is 11.8. The summed E-state index contributed by atoms with van der Waals surface area (Å²) in [5.41, 5.74) is 2.98. The SMILES string of the molecule is CCN(CC)c1ccc(/C=N/Nc2cc(C(F)(F)F)ccc2Cl)c(O)c1. The van der Waals surface area contributed by atoms with Crippen molar-refractivity contribution in [1.29, 1.82) is 0 Å². The van der Waals surface area contributed by atoms with Crippen molar-refractivity contribution in [2.45, 2.75) is 20.0 Å². The molecule has 2 aromatic carbocycles. The molecule has 0 bridgehead atoms. The van der Waals surface area contributed by atoms with Crippen molar-refractivity contribution in [1.82, 2.24) is 0 Å². The number of hydrogen-bond acceptors (Lipinski definition) is 4. The molecule has 0 fully saturated rings. The van der Waals surface area contributed by atoms with Crippen molar-refractivity contribution in [3.05, 3.63) is 52.5 Å². The molecule has 0 saturated heterocycles. The molecule has 0 aromatic heterocycles. The number of nitrogens with one attached hydrogen (secondary N) is 1. The first-order valence-corrected chi connectivity index (χ1v) is 8.37. The van der Waals surface area contributed by atoms with Crippen molar-refractivity contribution in [3.63, 3.8) is 0 Å². The van der Waals surface area contributed by atoms with Crippen molar-refractivity contribution in [3.8, 4) is 5.75 Å². The number of hydrazone groups is 1. The Morgan fingerprint density at radius 2 is 1.85 bits per heavy atom. The molecule has 2 aromatic rings. The minimum atomic E-state index is -4.47. The Hall–Kier alpha value is -2.41. The first-order chi connectivity index (χ1) is 12.3. The number of hydrogen-bond donors (Lipinski definition) is 2. The van der Waals surface area contributed by atoms with E-state index in [1.807, 2.05) is 19.9 Å². The first kappa shape index (κ1) is 19.9. The van der Waals surface area contributed by atoms with Gasteiger partial charge in [-0.05, 0) is 44.2 Å². The molecule has 0 aliphatic carbocycles. The highest BCUT2D eigenvalue weighted by atomic mass is 35.5. The summed E-state index contributed by atoms with van der Waals surface area (Å²) in [4.78, 5) is 2.07. The lowest BCUT2D eigenvalue weighted by Crippen LogP contribution is -2.21. The summed E-state index contributed by atoms with van der Waals surface area (Å²) >= 11 is 5.89. The number of anilines is 2. The van der Waals surface area contributed by atoms with Gasteiger partial charge >= 0.3 is 6.18 Å². The highest BCUT2D eigenvalue weighted by Gasteiger charge is 2.30. The Morgan fingerprint density at radius 3 is 2.42 bits per heavy atom. The summed E-state index contributed by atoms with van der Waals surface area (Å²) in [5, 5.41) is 14.1. The molecule has 26 heavy (non-hydrogen) atoms.